The molecule has 2 fully saturated rings. The van der Waals surface area contributed by atoms with Gasteiger partial charge in [0.25, 0.3) is 0 Å². The Morgan fingerprint density at radius 3 is 2.56 bits per heavy atom. The second-order valence-corrected chi connectivity index (χ2v) is 10.9. The van der Waals surface area contributed by atoms with Crippen molar-refractivity contribution in [2.45, 2.75) is 36.3 Å². The van der Waals surface area contributed by atoms with Crippen molar-refractivity contribution in [1.29, 1.82) is 0 Å². The minimum absolute atomic E-state index is 0.00947. The van der Waals surface area contributed by atoms with Crippen molar-refractivity contribution in [1.82, 2.24) is 4.31 Å². The lowest BCUT2D eigenvalue weighted by Gasteiger charge is -2.30. The molecule has 1 aromatic rings. The van der Waals surface area contributed by atoms with E-state index in [1.807, 2.05) is 0 Å². The highest BCUT2D eigenvalue weighted by Gasteiger charge is 2.41. The van der Waals surface area contributed by atoms with Gasteiger partial charge in [-0.3, -0.25) is 0 Å². The molecule has 0 aromatic heterocycles. The van der Waals surface area contributed by atoms with Crippen LogP contribution in [0.1, 0.15) is 19.3 Å². The highest BCUT2D eigenvalue weighted by molar-refractivity contribution is 7.92. The molecule has 10 heteroatoms. The van der Waals surface area contributed by atoms with Gasteiger partial charge >= 0.3 is 0 Å². The van der Waals surface area contributed by atoms with Crippen LogP contribution in [0.2, 0.25) is 0 Å². The number of sulfonamides is 1. The average molecular weight is 420 g/mol. The first-order valence-electron chi connectivity index (χ1n) is 8.83. The van der Waals surface area contributed by atoms with Gasteiger partial charge in [0.1, 0.15) is 16.4 Å². The summed E-state index contributed by atoms with van der Waals surface area (Å²) < 4.78 is 68.3. The monoisotopic (exact) mass is 419 g/mol. The zero-order valence-electron chi connectivity index (χ0n) is 15.5. The van der Waals surface area contributed by atoms with Crippen molar-refractivity contribution < 1.29 is 31.0 Å². The van der Waals surface area contributed by atoms with Crippen molar-refractivity contribution in [2.75, 3.05) is 38.9 Å². The van der Waals surface area contributed by atoms with Crippen molar-refractivity contribution >= 4 is 19.9 Å². The summed E-state index contributed by atoms with van der Waals surface area (Å²) in [5.41, 5.74) is 0. The third-order valence-electron chi connectivity index (χ3n) is 4.98. The van der Waals surface area contributed by atoms with Crippen molar-refractivity contribution in [3.63, 3.8) is 0 Å². The van der Waals surface area contributed by atoms with E-state index in [-0.39, 0.29) is 41.2 Å². The molecule has 0 radical (unpaired) electrons. The van der Waals surface area contributed by atoms with Crippen LogP contribution >= 0.6 is 0 Å². The fourth-order valence-corrected chi connectivity index (χ4v) is 7.23. The lowest BCUT2D eigenvalue weighted by Crippen LogP contribution is -2.45. The Morgan fingerprint density at radius 2 is 2.00 bits per heavy atom. The van der Waals surface area contributed by atoms with Crippen LogP contribution in [0.25, 0.3) is 0 Å². The molecule has 152 valence electrons. The van der Waals surface area contributed by atoms with E-state index in [2.05, 4.69) is 0 Å². The normalized spacial score (nSPS) is 25.0. The molecule has 2 saturated heterocycles. The minimum Gasteiger partial charge on any atom is -0.497 e. The van der Waals surface area contributed by atoms with Crippen LogP contribution in [-0.2, 0) is 24.6 Å². The molecule has 0 N–H and O–H groups in total. The lowest BCUT2D eigenvalue weighted by atomic mass is 10.2. The Hall–Kier alpha value is -1.36. The largest absolute Gasteiger partial charge is 0.497 e. The number of rotatable bonds is 7. The Kier molecular flexibility index (Phi) is 5.99. The van der Waals surface area contributed by atoms with Gasteiger partial charge < -0.3 is 14.2 Å². The van der Waals surface area contributed by atoms with Gasteiger partial charge in [0.15, 0.2) is 9.84 Å². The number of ether oxygens (including phenoxy) is 3. The molecule has 0 amide bonds. The zero-order valence-corrected chi connectivity index (χ0v) is 17.1. The maximum Gasteiger partial charge on any atom is 0.247 e. The Morgan fingerprint density at radius 1 is 1.22 bits per heavy atom. The highest BCUT2D eigenvalue weighted by atomic mass is 32.2. The molecule has 8 nitrogen and oxygen atoms in total. The molecule has 2 aliphatic heterocycles. The van der Waals surface area contributed by atoms with Crippen molar-refractivity contribution in [3.05, 3.63) is 18.2 Å². The van der Waals surface area contributed by atoms with E-state index in [0.29, 0.717) is 12.4 Å². The van der Waals surface area contributed by atoms with Gasteiger partial charge in [-0.2, -0.15) is 4.31 Å². The van der Waals surface area contributed by atoms with Crippen LogP contribution < -0.4 is 9.47 Å². The summed E-state index contributed by atoms with van der Waals surface area (Å²) >= 11 is 0. The topological polar surface area (TPSA) is 99.2 Å². The second-order valence-electron chi connectivity index (χ2n) is 6.78. The van der Waals surface area contributed by atoms with Crippen LogP contribution in [0.4, 0.5) is 0 Å². The summed E-state index contributed by atoms with van der Waals surface area (Å²) in [5.74, 6) is 0.384. The summed E-state index contributed by atoms with van der Waals surface area (Å²) in [7, 11) is -4.42. The molecule has 0 unspecified atom stereocenters. The number of nitrogens with zero attached hydrogens (tertiary/aromatic N) is 1. The first-order valence-corrected chi connectivity index (χ1v) is 12.1. The van der Waals surface area contributed by atoms with E-state index in [1.54, 1.807) is 6.07 Å². The average Bonchev–Trinajstić information content (AvgIpc) is 3.27. The smallest absolute Gasteiger partial charge is 0.247 e. The zero-order chi connectivity index (χ0) is 19.7. The fourth-order valence-electron chi connectivity index (χ4n) is 3.55. The van der Waals surface area contributed by atoms with Gasteiger partial charge in [-0.15, -0.1) is 0 Å². The maximum atomic E-state index is 13.5. The molecule has 2 atom stereocenters. The van der Waals surface area contributed by atoms with Gasteiger partial charge in [-0.05, 0) is 31.4 Å². The highest BCUT2D eigenvalue weighted by Crippen LogP contribution is 2.34. The molecule has 0 bridgehead atoms. The second kappa shape index (κ2) is 7.94. The van der Waals surface area contributed by atoms with E-state index in [1.165, 1.54) is 30.7 Å². The molecular formula is C17H25NO7S2. The SMILES string of the molecule is COc1ccc(OC)c(S(=O)(=O)N(C[C@@H]2CCCO2)[C@H]2CCS(=O)(=O)C2)c1. The van der Waals surface area contributed by atoms with Crippen LogP contribution in [0.3, 0.4) is 0 Å². The van der Waals surface area contributed by atoms with Gasteiger partial charge in [0.05, 0.1) is 31.8 Å². The third kappa shape index (κ3) is 4.39. The first kappa shape index (κ1) is 20.4. The Bertz CT molecular complexity index is 877. The summed E-state index contributed by atoms with van der Waals surface area (Å²) in [5, 5.41) is 0. The van der Waals surface area contributed by atoms with Crippen molar-refractivity contribution in [3.8, 4) is 11.5 Å². The summed E-state index contributed by atoms with van der Waals surface area (Å²) in [6.07, 6.45) is 1.66. The van der Waals surface area contributed by atoms with E-state index in [4.69, 9.17) is 14.2 Å². The number of methoxy groups -OCH3 is 2. The molecule has 0 spiro atoms. The summed E-state index contributed by atoms with van der Waals surface area (Å²) in [6, 6.07) is 3.93. The Balaban J connectivity index is 2.01. The number of benzene rings is 1. The molecule has 2 heterocycles. The molecule has 0 saturated carbocycles. The summed E-state index contributed by atoms with van der Waals surface area (Å²) in [6.45, 7) is 0.715. The van der Waals surface area contributed by atoms with Crippen LogP contribution in [-0.4, -0.2) is 72.2 Å². The fraction of sp³-hybridized carbons (Fsp3) is 0.647. The van der Waals surface area contributed by atoms with Crippen molar-refractivity contribution in [2.24, 2.45) is 0 Å². The van der Waals surface area contributed by atoms with E-state index in [0.717, 1.165) is 12.8 Å². The predicted octanol–water partition coefficient (Wildman–Crippen LogP) is 1.06. The quantitative estimate of drug-likeness (QED) is 0.652. The van der Waals surface area contributed by atoms with Gasteiger partial charge in [0, 0.05) is 25.3 Å². The van der Waals surface area contributed by atoms with Crippen LogP contribution in [0.5, 0.6) is 11.5 Å². The van der Waals surface area contributed by atoms with Crippen LogP contribution in [0, 0.1) is 0 Å². The molecule has 27 heavy (non-hydrogen) atoms. The number of hydrogen-bond donors (Lipinski definition) is 0. The van der Waals surface area contributed by atoms with Crippen LogP contribution in [0.15, 0.2) is 23.1 Å². The molecular weight excluding hydrogens is 394 g/mol. The van der Waals surface area contributed by atoms with Gasteiger partial charge in [0.2, 0.25) is 10.0 Å². The van der Waals surface area contributed by atoms with Gasteiger partial charge in [-0.1, -0.05) is 0 Å². The Labute approximate surface area is 160 Å². The van der Waals surface area contributed by atoms with E-state index >= 15 is 0 Å². The van der Waals surface area contributed by atoms with E-state index in [9.17, 15) is 16.8 Å². The molecule has 2 aliphatic rings. The lowest BCUT2D eigenvalue weighted by molar-refractivity contribution is 0.0876. The maximum absolute atomic E-state index is 13.5. The number of hydrogen-bond acceptors (Lipinski definition) is 7. The molecule has 3 rings (SSSR count). The first-order chi connectivity index (χ1) is 12.8. The summed E-state index contributed by atoms with van der Waals surface area (Å²) in [4.78, 5) is -0.0355. The number of sulfone groups is 1. The van der Waals surface area contributed by atoms with E-state index < -0.39 is 25.9 Å². The predicted molar refractivity (Wildman–Crippen MR) is 99.5 cm³/mol. The van der Waals surface area contributed by atoms with Gasteiger partial charge in [-0.25, -0.2) is 16.8 Å². The third-order valence-corrected chi connectivity index (χ3v) is 8.67. The molecule has 1 aromatic carbocycles. The molecule has 0 aliphatic carbocycles. The standard InChI is InChI=1S/C17H25NO7S2/c1-23-14-5-6-16(24-2)17(10-14)27(21,22)18(11-15-4-3-8-25-15)13-7-9-26(19,20)12-13/h5-6,10,13,15H,3-4,7-9,11-12H2,1-2H3/t13-,15-/m0/s1. The minimum atomic E-state index is -4.01.